The summed E-state index contributed by atoms with van der Waals surface area (Å²) in [6.45, 7) is 13.4. The van der Waals surface area contributed by atoms with E-state index >= 15 is 0 Å². The molecule has 0 aliphatic carbocycles. The third-order valence-electron chi connectivity index (χ3n) is 8.89. The van der Waals surface area contributed by atoms with Gasteiger partial charge in [-0.25, -0.2) is 4.98 Å². The number of piperazine rings is 1. The number of allylic oxidation sites excluding steroid dienone is 1. The molecule has 10 heteroatoms. The lowest BCUT2D eigenvalue weighted by molar-refractivity contribution is 0.0696. The number of carbonyl (C=O) groups excluding carboxylic acids is 1. The summed E-state index contributed by atoms with van der Waals surface area (Å²) < 4.78 is 7.83. The normalized spacial score (nSPS) is 17.1. The monoisotopic (exact) mass is 671 g/mol. The quantitative estimate of drug-likeness (QED) is 0.188. The van der Waals surface area contributed by atoms with Gasteiger partial charge in [0, 0.05) is 59.9 Å². The Hall–Kier alpha value is -3.92. The average Bonchev–Trinajstić information content (AvgIpc) is 3.68. The van der Waals surface area contributed by atoms with Crippen molar-refractivity contribution >= 4 is 40.6 Å². The van der Waals surface area contributed by atoms with Crippen molar-refractivity contribution in [2.24, 2.45) is 0 Å². The van der Waals surface area contributed by atoms with Crippen LogP contribution in [0.15, 0.2) is 64.3 Å². The Balaban J connectivity index is 1.62. The molecule has 0 unspecified atom stereocenters. The van der Waals surface area contributed by atoms with Crippen LogP contribution in [-0.4, -0.2) is 65.2 Å². The van der Waals surface area contributed by atoms with Crippen molar-refractivity contribution in [1.82, 2.24) is 19.8 Å². The van der Waals surface area contributed by atoms with Crippen molar-refractivity contribution in [2.75, 3.05) is 37.7 Å². The Morgan fingerprint density at radius 1 is 1.06 bits per heavy atom. The molecule has 8 nitrogen and oxygen atoms in total. The summed E-state index contributed by atoms with van der Waals surface area (Å²) in [5.41, 5.74) is 5.31. The lowest BCUT2D eigenvalue weighted by Gasteiger charge is -2.33. The van der Waals surface area contributed by atoms with Crippen LogP contribution >= 0.6 is 22.9 Å². The molecule has 2 aliphatic rings. The number of ether oxygens (including phenoxy) is 1. The highest BCUT2D eigenvalue weighted by atomic mass is 35.5. The first-order valence-corrected chi connectivity index (χ1v) is 17.7. The number of aromatic nitrogens is 2. The van der Waals surface area contributed by atoms with Crippen molar-refractivity contribution < 1.29 is 9.53 Å². The first kappa shape index (κ1) is 33.0. The van der Waals surface area contributed by atoms with Crippen LogP contribution in [0.25, 0.3) is 33.6 Å². The van der Waals surface area contributed by atoms with Gasteiger partial charge in [-0.1, -0.05) is 29.3 Å². The van der Waals surface area contributed by atoms with Crippen LogP contribution in [0.2, 0.25) is 5.02 Å². The molecule has 246 valence electrons. The molecule has 2 atom stereocenters. The van der Waals surface area contributed by atoms with E-state index < -0.39 is 0 Å². The molecule has 0 spiro atoms. The summed E-state index contributed by atoms with van der Waals surface area (Å²) in [7, 11) is 0. The predicted molar refractivity (Wildman–Crippen MR) is 193 cm³/mol. The maximum Gasteiger partial charge on any atom is 0.266 e. The van der Waals surface area contributed by atoms with Crippen LogP contribution in [-0.2, 0) is 0 Å². The van der Waals surface area contributed by atoms with E-state index in [0.717, 1.165) is 48.4 Å². The molecule has 2 aromatic heterocycles. The lowest BCUT2D eigenvalue weighted by Crippen LogP contribution is -2.53. The van der Waals surface area contributed by atoms with E-state index in [1.54, 1.807) is 10.6 Å². The number of likely N-dealkylation sites (tertiary alicyclic amines) is 1. The van der Waals surface area contributed by atoms with Gasteiger partial charge in [-0.15, -0.1) is 11.3 Å². The Morgan fingerprint density at radius 3 is 2.40 bits per heavy atom. The van der Waals surface area contributed by atoms with Gasteiger partial charge in [0.2, 0.25) is 0 Å². The zero-order valence-corrected chi connectivity index (χ0v) is 29.3. The van der Waals surface area contributed by atoms with Gasteiger partial charge in [-0.3, -0.25) is 14.2 Å². The maximum atomic E-state index is 14.9. The molecular formula is C37H42ClN5O3S. The first-order valence-electron chi connectivity index (χ1n) is 16.4. The van der Waals surface area contributed by atoms with Crippen molar-refractivity contribution in [3.63, 3.8) is 0 Å². The predicted octanol–water partition coefficient (Wildman–Crippen LogP) is 7.53. The molecule has 6 rings (SSSR count). The van der Waals surface area contributed by atoms with E-state index in [1.807, 2.05) is 79.6 Å². The minimum Gasteiger partial charge on any atom is -0.492 e. The van der Waals surface area contributed by atoms with Gasteiger partial charge >= 0.3 is 0 Å². The molecule has 2 aliphatic heterocycles. The number of carbonyl (C=O) groups is 1. The number of halogens is 1. The molecule has 0 radical (unpaired) electrons. The van der Waals surface area contributed by atoms with E-state index in [2.05, 4.69) is 24.1 Å². The van der Waals surface area contributed by atoms with Gasteiger partial charge in [-0.05, 0) is 89.9 Å². The standard InChI is InChI=1S/C37H42ClN5O3S/c1-6-41(7-2)28-15-16-34(46-8-3)33(18-28)43-32(17-23(4)5)29(36(44)42-20-26-13-14-27(21-42)39-26)19-30(37(43)45)35-40-31(22-47-35)24-9-11-25(38)12-10-24/h9-12,15-19,22,26-27,39H,6-8,13-14,20-21H2,1-5H3/t26-,27+. The van der Waals surface area contributed by atoms with E-state index in [4.69, 9.17) is 21.3 Å². The largest absolute Gasteiger partial charge is 0.492 e. The number of nitrogens with zero attached hydrogens (tertiary/aromatic N) is 4. The third kappa shape index (κ3) is 6.75. The molecule has 2 fully saturated rings. The highest BCUT2D eigenvalue weighted by Gasteiger charge is 2.36. The van der Waals surface area contributed by atoms with Crippen LogP contribution < -0.4 is 20.5 Å². The zero-order valence-electron chi connectivity index (χ0n) is 27.7. The van der Waals surface area contributed by atoms with Gasteiger partial charge in [0.05, 0.1) is 34.8 Å². The highest BCUT2D eigenvalue weighted by Crippen LogP contribution is 2.34. The number of anilines is 1. The molecule has 0 saturated carbocycles. The SMILES string of the molecule is CCOc1ccc(N(CC)CC)cc1-n1c(C=C(C)C)c(C(=O)N2C[C@H]3CC[C@@H](C2)N3)cc(-c2nc(-c3ccc(Cl)cc3)cs2)c1=O. The minimum atomic E-state index is -0.260. The Kier molecular flexibility index (Phi) is 9.87. The fourth-order valence-corrected chi connectivity index (χ4v) is 7.60. The number of thiazole rings is 1. The third-order valence-corrected chi connectivity index (χ3v) is 10.0. The molecule has 47 heavy (non-hydrogen) atoms. The van der Waals surface area contributed by atoms with E-state index in [-0.39, 0.29) is 23.6 Å². The van der Waals surface area contributed by atoms with E-state index in [1.165, 1.54) is 11.3 Å². The van der Waals surface area contributed by atoms with Gasteiger partial charge < -0.3 is 19.9 Å². The average molecular weight is 672 g/mol. The van der Waals surface area contributed by atoms with Crippen LogP contribution in [0.3, 0.4) is 0 Å². The van der Waals surface area contributed by atoms with Gasteiger partial charge in [0.15, 0.2) is 0 Å². The van der Waals surface area contributed by atoms with E-state index in [0.29, 0.717) is 58.0 Å². The molecule has 1 amide bonds. The number of fused-ring (bicyclic) bond motifs is 2. The second-order valence-electron chi connectivity index (χ2n) is 12.4. The van der Waals surface area contributed by atoms with Crippen molar-refractivity contribution in [2.45, 2.75) is 59.5 Å². The summed E-state index contributed by atoms with van der Waals surface area (Å²) in [4.78, 5) is 38.6. The molecule has 2 aromatic carbocycles. The topological polar surface area (TPSA) is 79.7 Å². The second-order valence-corrected chi connectivity index (χ2v) is 13.7. The summed E-state index contributed by atoms with van der Waals surface area (Å²) in [6.07, 6.45) is 4.06. The number of hydrogen-bond acceptors (Lipinski definition) is 7. The molecule has 1 N–H and O–H groups in total. The number of hydrogen-bond donors (Lipinski definition) is 1. The number of rotatable bonds is 10. The number of benzene rings is 2. The van der Waals surface area contributed by atoms with Gasteiger partial charge in [0.1, 0.15) is 10.8 Å². The summed E-state index contributed by atoms with van der Waals surface area (Å²) in [5.74, 6) is 0.490. The Labute approximate surface area is 285 Å². The Bertz CT molecular complexity index is 1840. The van der Waals surface area contributed by atoms with Crippen molar-refractivity contribution in [1.29, 1.82) is 0 Å². The maximum absolute atomic E-state index is 14.9. The fourth-order valence-electron chi connectivity index (χ4n) is 6.64. The smallest absolute Gasteiger partial charge is 0.266 e. The van der Waals surface area contributed by atoms with Crippen LogP contribution in [0.1, 0.15) is 63.5 Å². The van der Waals surface area contributed by atoms with Crippen LogP contribution in [0.5, 0.6) is 5.75 Å². The number of pyridine rings is 1. The van der Waals surface area contributed by atoms with Crippen LogP contribution in [0, 0.1) is 0 Å². The Morgan fingerprint density at radius 2 is 1.77 bits per heavy atom. The number of nitrogens with one attached hydrogen (secondary N) is 1. The molecule has 4 aromatic rings. The molecular weight excluding hydrogens is 630 g/mol. The summed E-state index contributed by atoms with van der Waals surface area (Å²) in [5, 5.41) is 6.76. The molecule has 2 bridgehead atoms. The summed E-state index contributed by atoms with van der Waals surface area (Å²) >= 11 is 7.53. The first-order chi connectivity index (χ1) is 22.7. The fraction of sp³-hybridized carbons (Fsp3) is 0.378. The van der Waals surface area contributed by atoms with Crippen molar-refractivity contribution in [3.05, 3.63) is 86.1 Å². The zero-order chi connectivity index (χ0) is 33.2. The second kappa shape index (κ2) is 14.1. The number of amides is 1. The summed E-state index contributed by atoms with van der Waals surface area (Å²) in [6, 6.07) is 15.8. The van der Waals surface area contributed by atoms with Gasteiger partial charge in [0.25, 0.3) is 11.5 Å². The van der Waals surface area contributed by atoms with Crippen LogP contribution in [0.4, 0.5) is 5.69 Å². The minimum absolute atomic E-state index is 0.0850. The molecule has 2 saturated heterocycles. The van der Waals surface area contributed by atoms with Crippen molar-refractivity contribution in [3.8, 4) is 33.3 Å². The van der Waals surface area contributed by atoms with Gasteiger partial charge in [-0.2, -0.15) is 0 Å². The highest BCUT2D eigenvalue weighted by molar-refractivity contribution is 7.13. The molecule has 4 heterocycles. The lowest BCUT2D eigenvalue weighted by atomic mass is 10.0. The van der Waals surface area contributed by atoms with E-state index in [9.17, 15) is 9.59 Å².